The number of amides is 1. The van der Waals surface area contributed by atoms with Crippen LogP contribution in [0.5, 0.6) is 0 Å². The molecular formula is C15H16ClNO3. The van der Waals surface area contributed by atoms with E-state index in [9.17, 15) is 14.7 Å². The first-order chi connectivity index (χ1) is 9.54. The summed E-state index contributed by atoms with van der Waals surface area (Å²) in [6.07, 6.45) is 2.49. The van der Waals surface area contributed by atoms with Crippen LogP contribution in [0.15, 0.2) is 24.3 Å². The molecule has 0 aromatic heterocycles. The van der Waals surface area contributed by atoms with Crippen LogP contribution in [0.2, 0.25) is 5.02 Å². The van der Waals surface area contributed by atoms with Gasteiger partial charge in [0.2, 0.25) is 0 Å². The van der Waals surface area contributed by atoms with Crippen LogP contribution in [0, 0.1) is 11.3 Å². The molecule has 1 N–H and O–H groups in total. The molecule has 1 saturated heterocycles. The van der Waals surface area contributed by atoms with Crippen molar-refractivity contribution in [2.45, 2.75) is 19.3 Å². The number of halogens is 1. The molecule has 20 heavy (non-hydrogen) atoms. The number of carboxylic acid groups (broad SMARTS) is 1. The highest BCUT2D eigenvalue weighted by Gasteiger charge is 2.55. The molecule has 1 aromatic rings. The molecule has 1 aromatic carbocycles. The Labute approximate surface area is 122 Å². The van der Waals surface area contributed by atoms with E-state index >= 15 is 0 Å². The lowest BCUT2D eigenvalue weighted by Gasteiger charge is -2.23. The van der Waals surface area contributed by atoms with Crippen molar-refractivity contribution >= 4 is 23.5 Å². The van der Waals surface area contributed by atoms with Crippen LogP contribution in [-0.2, 0) is 4.79 Å². The van der Waals surface area contributed by atoms with Gasteiger partial charge in [0, 0.05) is 13.1 Å². The Morgan fingerprint density at radius 1 is 1.35 bits per heavy atom. The fourth-order valence-electron chi connectivity index (χ4n) is 3.60. The summed E-state index contributed by atoms with van der Waals surface area (Å²) < 4.78 is 0. The summed E-state index contributed by atoms with van der Waals surface area (Å²) in [6, 6.07) is 6.91. The summed E-state index contributed by atoms with van der Waals surface area (Å²) in [5.41, 5.74) is -0.286. The molecule has 2 aliphatic rings. The van der Waals surface area contributed by atoms with Gasteiger partial charge in [0.1, 0.15) is 0 Å². The lowest BCUT2D eigenvalue weighted by molar-refractivity contribution is -0.149. The van der Waals surface area contributed by atoms with Crippen molar-refractivity contribution < 1.29 is 14.7 Å². The monoisotopic (exact) mass is 293 g/mol. The first-order valence-corrected chi connectivity index (χ1v) is 7.19. The first kappa shape index (κ1) is 13.4. The summed E-state index contributed by atoms with van der Waals surface area (Å²) in [7, 11) is 0. The zero-order valence-electron chi connectivity index (χ0n) is 11.0. The van der Waals surface area contributed by atoms with E-state index in [0.29, 0.717) is 30.1 Å². The minimum Gasteiger partial charge on any atom is -0.481 e. The topological polar surface area (TPSA) is 57.6 Å². The van der Waals surface area contributed by atoms with E-state index in [4.69, 9.17) is 11.6 Å². The lowest BCUT2D eigenvalue weighted by Crippen LogP contribution is -2.37. The molecule has 1 saturated carbocycles. The maximum absolute atomic E-state index is 12.5. The fourth-order valence-corrected chi connectivity index (χ4v) is 3.82. The van der Waals surface area contributed by atoms with Gasteiger partial charge in [-0.1, -0.05) is 30.2 Å². The average molecular weight is 294 g/mol. The molecule has 0 unspecified atom stereocenters. The highest BCUT2D eigenvalue weighted by molar-refractivity contribution is 6.33. The van der Waals surface area contributed by atoms with E-state index in [2.05, 4.69) is 0 Å². The van der Waals surface area contributed by atoms with E-state index in [1.165, 1.54) is 0 Å². The number of carbonyl (C=O) groups is 2. The van der Waals surface area contributed by atoms with E-state index < -0.39 is 11.4 Å². The maximum Gasteiger partial charge on any atom is 0.311 e. The fraction of sp³-hybridized carbons (Fsp3) is 0.467. The van der Waals surface area contributed by atoms with Crippen molar-refractivity contribution in [3.8, 4) is 0 Å². The first-order valence-electron chi connectivity index (χ1n) is 6.82. The van der Waals surface area contributed by atoms with Gasteiger partial charge in [0.05, 0.1) is 16.0 Å². The molecule has 0 spiro atoms. The highest BCUT2D eigenvalue weighted by Crippen LogP contribution is 2.49. The summed E-state index contributed by atoms with van der Waals surface area (Å²) >= 11 is 6.05. The second-order valence-corrected chi connectivity index (χ2v) is 6.12. The molecular weight excluding hydrogens is 278 g/mol. The molecule has 0 bridgehead atoms. The van der Waals surface area contributed by atoms with Gasteiger partial charge in [-0.2, -0.15) is 0 Å². The third kappa shape index (κ3) is 1.90. The van der Waals surface area contributed by atoms with E-state index in [0.717, 1.165) is 12.8 Å². The molecule has 1 heterocycles. The molecule has 1 amide bonds. The van der Waals surface area contributed by atoms with Crippen LogP contribution in [0.4, 0.5) is 0 Å². The zero-order valence-corrected chi connectivity index (χ0v) is 11.8. The van der Waals surface area contributed by atoms with E-state index in [1.54, 1.807) is 29.2 Å². The molecule has 0 radical (unpaired) electrons. The SMILES string of the molecule is O=C(c1ccccc1Cl)N1C[C@@H]2CCC[C@@]2(C(=O)O)C1. The van der Waals surface area contributed by atoms with Crippen LogP contribution in [0.3, 0.4) is 0 Å². The predicted octanol–water partition coefficient (Wildman–Crippen LogP) is 2.67. The van der Waals surface area contributed by atoms with Crippen molar-refractivity contribution in [3.05, 3.63) is 34.9 Å². The van der Waals surface area contributed by atoms with Crippen LogP contribution >= 0.6 is 11.6 Å². The summed E-state index contributed by atoms with van der Waals surface area (Å²) in [6.45, 7) is 0.827. The van der Waals surface area contributed by atoms with E-state index in [-0.39, 0.29) is 11.8 Å². The van der Waals surface area contributed by atoms with Gasteiger partial charge in [-0.25, -0.2) is 0 Å². The normalized spacial score (nSPS) is 28.4. The van der Waals surface area contributed by atoms with Crippen molar-refractivity contribution in [1.29, 1.82) is 0 Å². The Hall–Kier alpha value is -1.55. The van der Waals surface area contributed by atoms with Crippen molar-refractivity contribution in [2.24, 2.45) is 11.3 Å². The van der Waals surface area contributed by atoms with Crippen molar-refractivity contribution in [3.63, 3.8) is 0 Å². The number of hydrogen-bond donors (Lipinski definition) is 1. The Kier molecular flexibility index (Phi) is 3.21. The number of nitrogens with zero attached hydrogens (tertiary/aromatic N) is 1. The molecule has 5 heteroatoms. The molecule has 3 rings (SSSR count). The summed E-state index contributed by atoms with van der Waals surface area (Å²) in [5.74, 6) is -0.855. The number of fused-ring (bicyclic) bond motifs is 1. The molecule has 1 aliphatic heterocycles. The number of benzene rings is 1. The standard InChI is InChI=1S/C15H16ClNO3/c16-12-6-2-1-5-11(12)13(18)17-8-10-4-3-7-15(10,9-17)14(19)20/h1-2,5-6,10H,3-4,7-9H2,(H,19,20)/t10-,15+/m0/s1. The van der Waals surface area contributed by atoms with Crippen LogP contribution < -0.4 is 0 Å². The van der Waals surface area contributed by atoms with E-state index in [1.807, 2.05) is 0 Å². The summed E-state index contributed by atoms with van der Waals surface area (Å²) in [5, 5.41) is 9.95. The minimum absolute atomic E-state index is 0.0754. The predicted molar refractivity (Wildman–Crippen MR) is 74.8 cm³/mol. The average Bonchev–Trinajstić information content (AvgIpc) is 2.96. The van der Waals surface area contributed by atoms with Crippen LogP contribution in [0.1, 0.15) is 29.6 Å². The maximum atomic E-state index is 12.5. The molecule has 4 nitrogen and oxygen atoms in total. The largest absolute Gasteiger partial charge is 0.481 e. The van der Waals surface area contributed by atoms with Crippen molar-refractivity contribution in [2.75, 3.05) is 13.1 Å². The summed E-state index contributed by atoms with van der Waals surface area (Å²) in [4.78, 5) is 25.8. The van der Waals surface area contributed by atoms with Gasteiger partial charge in [-0.3, -0.25) is 9.59 Å². The third-order valence-corrected chi connectivity index (χ3v) is 5.02. The minimum atomic E-state index is -0.769. The van der Waals surface area contributed by atoms with Gasteiger partial charge in [-0.05, 0) is 30.9 Å². The Balaban J connectivity index is 1.86. The number of carbonyl (C=O) groups excluding carboxylic acids is 1. The van der Waals surface area contributed by atoms with Gasteiger partial charge >= 0.3 is 5.97 Å². The van der Waals surface area contributed by atoms with Gasteiger partial charge in [0.15, 0.2) is 0 Å². The number of carboxylic acids is 1. The molecule has 1 aliphatic carbocycles. The quantitative estimate of drug-likeness (QED) is 0.912. The Bertz CT molecular complexity index is 574. The Morgan fingerprint density at radius 3 is 2.75 bits per heavy atom. The zero-order chi connectivity index (χ0) is 14.3. The molecule has 106 valence electrons. The number of hydrogen-bond acceptors (Lipinski definition) is 2. The Morgan fingerprint density at radius 2 is 2.10 bits per heavy atom. The van der Waals surface area contributed by atoms with Crippen LogP contribution in [-0.4, -0.2) is 35.0 Å². The van der Waals surface area contributed by atoms with Gasteiger partial charge in [-0.15, -0.1) is 0 Å². The second-order valence-electron chi connectivity index (χ2n) is 5.72. The molecule has 2 atom stereocenters. The highest BCUT2D eigenvalue weighted by atomic mass is 35.5. The lowest BCUT2D eigenvalue weighted by atomic mass is 9.81. The number of aliphatic carboxylic acids is 1. The third-order valence-electron chi connectivity index (χ3n) is 4.69. The molecule has 2 fully saturated rings. The van der Waals surface area contributed by atoms with Crippen LogP contribution in [0.25, 0.3) is 0 Å². The second kappa shape index (κ2) is 4.77. The van der Waals surface area contributed by atoms with Gasteiger partial charge < -0.3 is 10.0 Å². The number of likely N-dealkylation sites (tertiary alicyclic amines) is 1. The smallest absolute Gasteiger partial charge is 0.311 e. The van der Waals surface area contributed by atoms with Gasteiger partial charge in [0.25, 0.3) is 5.91 Å². The number of rotatable bonds is 2. The van der Waals surface area contributed by atoms with Crippen molar-refractivity contribution in [1.82, 2.24) is 4.90 Å².